The lowest BCUT2D eigenvalue weighted by molar-refractivity contribution is 0.0696. The molecule has 0 unspecified atom stereocenters. The third-order valence-electron chi connectivity index (χ3n) is 4.01. The first-order valence-corrected chi connectivity index (χ1v) is 9.10. The number of carbonyl (C=O) groups is 2. The summed E-state index contributed by atoms with van der Waals surface area (Å²) in [6, 6.07) is 18.3. The third-order valence-corrected chi connectivity index (χ3v) is 4.50. The Labute approximate surface area is 171 Å². The zero-order valence-electron chi connectivity index (χ0n) is 14.6. The summed E-state index contributed by atoms with van der Waals surface area (Å²) in [4.78, 5) is 23.6. The number of anilines is 2. The SMILES string of the molecule is O=C(O)c1ccc(NC(=O)c2ccc(Cl)cc2NCc2ccc(Cl)cc2)cc1. The highest BCUT2D eigenvalue weighted by molar-refractivity contribution is 6.31. The van der Waals surface area contributed by atoms with Gasteiger partial charge in [0.05, 0.1) is 11.1 Å². The molecule has 0 atom stereocenters. The van der Waals surface area contributed by atoms with Crippen LogP contribution in [0.1, 0.15) is 26.3 Å². The van der Waals surface area contributed by atoms with Gasteiger partial charge in [0.2, 0.25) is 0 Å². The Bertz CT molecular complexity index is 1000. The average Bonchev–Trinajstić information content (AvgIpc) is 2.68. The highest BCUT2D eigenvalue weighted by atomic mass is 35.5. The molecule has 5 nitrogen and oxygen atoms in total. The van der Waals surface area contributed by atoms with E-state index in [-0.39, 0.29) is 11.5 Å². The van der Waals surface area contributed by atoms with Gasteiger partial charge in [-0.1, -0.05) is 35.3 Å². The summed E-state index contributed by atoms with van der Waals surface area (Å²) < 4.78 is 0. The summed E-state index contributed by atoms with van der Waals surface area (Å²) >= 11 is 12.0. The zero-order chi connectivity index (χ0) is 20.1. The van der Waals surface area contributed by atoms with Crippen molar-refractivity contribution in [1.29, 1.82) is 0 Å². The smallest absolute Gasteiger partial charge is 0.335 e. The molecule has 0 bridgehead atoms. The van der Waals surface area contributed by atoms with Crippen molar-refractivity contribution in [1.82, 2.24) is 0 Å². The van der Waals surface area contributed by atoms with E-state index < -0.39 is 5.97 Å². The van der Waals surface area contributed by atoms with Crippen molar-refractivity contribution >= 4 is 46.5 Å². The number of hydrogen-bond donors (Lipinski definition) is 3. The second kappa shape index (κ2) is 8.78. The van der Waals surface area contributed by atoms with E-state index in [1.807, 2.05) is 12.1 Å². The second-order valence-corrected chi connectivity index (χ2v) is 6.88. The molecule has 0 spiro atoms. The maximum Gasteiger partial charge on any atom is 0.335 e. The molecule has 0 aromatic heterocycles. The quantitative estimate of drug-likeness (QED) is 0.493. The number of nitrogens with one attached hydrogen (secondary N) is 2. The lowest BCUT2D eigenvalue weighted by Gasteiger charge is -2.13. The van der Waals surface area contributed by atoms with E-state index in [0.29, 0.717) is 33.5 Å². The van der Waals surface area contributed by atoms with Crippen LogP contribution in [0.5, 0.6) is 0 Å². The van der Waals surface area contributed by atoms with Crippen LogP contribution < -0.4 is 10.6 Å². The minimum absolute atomic E-state index is 0.148. The molecule has 3 N–H and O–H groups in total. The largest absolute Gasteiger partial charge is 0.478 e. The standard InChI is InChI=1S/C21H16Cl2N2O3/c22-15-5-1-13(2-6-15)12-24-19-11-16(23)7-10-18(19)20(26)25-17-8-3-14(4-9-17)21(27)28/h1-11,24H,12H2,(H,25,26)(H,27,28). The van der Waals surface area contributed by atoms with Gasteiger partial charge in [-0.2, -0.15) is 0 Å². The van der Waals surface area contributed by atoms with Crippen molar-refractivity contribution in [2.75, 3.05) is 10.6 Å². The normalized spacial score (nSPS) is 10.4. The Morgan fingerprint density at radius 1 is 0.857 bits per heavy atom. The van der Waals surface area contributed by atoms with Crippen LogP contribution in [0.3, 0.4) is 0 Å². The fraction of sp³-hybridized carbons (Fsp3) is 0.0476. The van der Waals surface area contributed by atoms with Gasteiger partial charge in [0.25, 0.3) is 5.91 Å². The molecule has 3 aromatic carbocycles. The van der Waals surface area contributed by atoms with Gasteiger partial charge in [-0.3, -0.25) is 4.79 Å². The summed E-state index contributed by atoms with van der Waals surface area (Å²) in [5.74, 6) is -1.36. The number of carboxylic acids is 1. The first-order valence-electron chi connectivity index (χ1n) is 8.35. The number of benzene rings is 3. The molecule has 0 heterocycles. The molecular weight excluding hydrogens is 399 g/mol. The molecule has 0 radical (unpaired) electrons. The van der Waals surface area contributed by atoms with Gasteiger partial charge >= 0.3 is 5.97 Å². The predicted octanol–water partition coefficient (Wildman–Crippen LogP) is 5.56. The lowest BCUT2D eigenvalue weighted by Crippen LogP contribution is -2.15. The predicted molar refractivity (Wildman–Crippen MR) is 112 cm³/mol. The fourth-order valence-electron chi connectivity index (χ4n) is 2.55. The minimum atomic E-state index is -1.02. The van der Waals surface area contributed by atoms with Crippen LogP contribution in [0.4, 0.5) is 11.4 Å². The fourth-order valence-corrected chi connectivity index (χ4v) is 2.85. The number of carboxylic acid groups (broad SMARTS) is 1. The van der Waals surface area contributed by atoms with Crippen molar-refractivity contribution in [2.45, 2.75) is 6.54 Å². The number of amides is 1. The highest BCUT2D eigenvalue weighted by Crippen LogP contribution is 2.23. The Kier molecular flexibility index (Phi) is 6.19. The van der Waals surface area contributed by atoms with E-state index in [1.54, 1.807) is 30.3 Å². The molecule has 7 heteroatoms. The molecule has 0 aliphatic carbocycles. The summed E-state index contributed by atoms with van der Waals surface area (Å²) in [6.45, 7) is 0.491. The van der Waals surface area contributed by atoms with Crippen molar-refractivity contribution in [2.24, 2.45) is 0 Å². The molecule has 1 amide bonds. The highest BCUT2D eigenvalue weighted by Gasteiger charge is 2.13. The Balaban J connectivity index is 1.75. The molecule has 3 aromatic rings. The van der Waals surface area contributed by atoms with Gasteiger partial charge in [0, 0.05) is 28.0 Å². The minimum Gasteiger partial charge on any atom is -0.478 e. The zero-order valence-corrected chi connectivity index (χ0v) is 16.1. The van der Waals surface area contributed by atoms with Crippen molar-refractivity contribution in [3.05, 3.63) is 93.5 Å². The topological polar surface area (TPSA) is 78.4 Å². The Morgan fingerprint density at radius 3 is 2.14 bits per heavy atom. The van der Waals surface area contributed by atoms with Gasteiger partial charge in [-0.05, 0) is 60.2 Å². The van der Waals surface area contributed by atoms with Crippen LogP contribution in [0, 0.1) is 0 Å². The summed E-state index contributed by atoms with van der Waals surface area (Å²) in [7, 11) is 0. The van der Waals surface area contributed by atoms with Crippen LogP contribution in [0.25, 0.3) is 0 Å². The van der Waals surface area contributed by atoms with E-state index in [9.17, 15) is 9.59 Å². The van der Waals surface area contributed by atoms with Crippen molar-refractivity contribution in [3.8, 4) is 0 Å². The molecule has 28 heavy (non-hydrogen) atoms. The number of halogens is 2. The van der Waals surface area contributed by atoms with Gasteiger partial charge in [-0.25, -0.2) is 4.79 Å². The van der Waals surface area contributed by atoms with Gasteiger partial charge in [0.1, 0.15) is 0 Å². The summed E-state index contributed by atoms with van der Waals surface area (Å²) in [6.07, 6.45) is 0. The molecule has 142 valence electrons. The van der Waals surface area contributed by atoms with E-state index in [4.69, 9.17) is 28.3 Å². The van der Waals surface area contributed by atoms with Gasteiger partial charge < -0.3 is 15.7 Å². The van der Waals surface area contributed by atoms with E-state index in [0.717, 1.165) is 5.56 Å². The van der Waals surface area contributed by atoms with Crippen molar-refractivity contribution < 1.29 is 14.7 Å². The number of hydrogen-bond acceptors (Lipinski definition) is 3. The number of rotatable bonds is 6. The first-order chi connectivity index (χ1) is 13.4. The molecule has 0 saturated carbocycles. The maximum absolute atomic E-state index is 12.7. The molecule has 3 rings (SSSR count). The monoisotopic (exact) mass is 414 g/mol. The van der Waals surface area contributed by atoms with Crippen molar-refractivity contribution in [3.63, 3.8) is 0 Å². The third kappa shape index (κ3) is 5.03. The van der Waals surface area contributed by atoms with Crippen LogP contribution in [0.15, 0.2) is 66.7 Å². The molecule has 0 aliphatic heterocycles. The molecule has 0 saturated heterocycles. The molecule has 0 fully saturated rings. The lowest BCUT2D eigenvalue weighted by atomic mass is 10.1. The first kappa shape index (κ1) is 19.7. The van der Waals surface area contributed by atoms with Gasteiger partial charge in [0.15, 0.2) is 0 Å². The Morgan fingerprint density at radius 2 is 1.50 bits per heavy atom. The molecular formula is C21H16Cl2N2O3. The molecule has 0 aliphatic rings. The number of aromatic carboxylic acids is 1. The summed E-state index contributed by atoms with van der Waals surface area (Å²) in [5.41, 5.74) is 2.64. The summed E-state index contributed by atoms with van der Waals surface area (Å²) in [5, 5.41) is 16.1. The maximum atomic E-state index is 12.7. The number of carbonyl (C=O) groups excluding carboxylic acids is 1. The average molecular weight is 415 g/mol. The second-order valence-electron chi connectivity index (χ2n) is 6.01. The van der Waals surface area contributed by atoms with E-state index in [1.165, 1.54) is 24.3 Å². The van der Waals surface area contributed by atoms with E-state index >= 15 is 0 Å². The van der Waals surface area contributed by atoms with E-state index in [2.05, 4.69) is 10.6 Å². The Hall–Kier alpha value is -3.02. The van der Waals surface area contributed by atoms with Crippen LogP contribution in [-0.2, 0) is 6.54 Å². The van der Waals surface area contributed by atoms with Crippen LogP contribution in [0.2, 0.25) is 10.0 Å². The van der Waals surface area contributed by atoms with Gasteiger partial charge in [-0.15, -0.1) is 0 Å². The van der Waals surface area contributed by atoms with Crippen LogP contribution in [-0.4, -0.2) is 17.0 Å². The van der Waals surface area contributed by atoms with Crippen LogP contribution >= 0.6 is 23.2 Å².